The maximum atomic E-state index is 9.08. The molecule has 0 atom stereocenters. The maximum Gasteiger partial charge on any atom is 0.124 e. The van der Waals surface area contributed by atoms with E-state index in [1.54, 1.807) is 25.1 Å². The fraction of sp³-hybridized carbons (Fsp3) is 0.333. The largest absolute Gasteiger partial charge is 0.492 e. The highest BCUT2D eigenvalue weighted by atomic mass is 35.5. The normalized spacial score (nSPS) is 9.27. The first-order chi connectivity index (χ1) is 7.27. The number of ether oxygens (including phenoxy) is 1. The minimum absolute atomic E-state index is 0.0741. The summed E-state index contributed by atoms with van der Waals surface area (Å²) in [5.74, 6) is 6.36. The van der Waals surface area contributed by atoms with Gasteiger partial charge in [0.2, 0.25) is 0 Å². The molecule has 0 bridgehead atoms. The second-order valence-corrected chi connectivity index (χ2v) is 3.37. The van der Waals surface area contributed by atoms with Crippen LogP contribution in [0.4, 0.5) is 0 Å². The van der Waals surface area contributed by atoms with E-state index < -0.39 is 0 Å². The molecule has 0 radical (unpaired) electrons. The smallest absolute Gasteiger partial charge is 0.124 e. The quantitative estimate of drug-likeness (QED) is 0.629. The predicted molar refractivity (Wildman–Crippen MR) is 60.9 cm³/mol. The highest BCUT2D eigenvalue weighted by Crippen LogP contribution is 2.22. The highest BCUT2D eigenvalue weighted by Gasteiger charge is 2.02. The van der Waals surface area contributed by atoms with Crippen LogP contribution in [0.15, 0.2) is 18.2 Å². The van der Waals surface area contributed by atoms with Crippen LogP contribution < -0.4 is 4.74 Å². The number of halogens is 1. The third-order valence-electron chi connectivity index (χ3n) is 1.85. The highest BCUT2D eigenvalue weighted by molar-refractivity contribution is 6.30. The van der Waals surface area contributed by atoms with Gasteiger partial charge in [0.05, 0.1) is 13.2 Å². The molecule has 0 saturated heterocycles. The van der Waals surface area contributed by atoms with Crippen LogP contribution >= 0.6 is 11.6 Å². The molecule has 80 valence electrons. The molecule has 0 unspecified atom stereocenters. The Morgan fingerprint density at radius 2 is 2.27 bits per heavy atom. The Balaban J connectivity index is 2.62. The zero-order chi connectivity index (χ0) is 11.1. The van der Waals surface area contributed by atoms with Crippen LogP contribution in [0.3, 0.4) is 0 Å². The van der Waals surface area contributed by atoms with Crippen LogP contribution in [-0.4, -0.2) is 11.7 Å². The van der Waals surface area contributed by atoms with Gasteiger partial charge in [0.1, 0.15) is 5.75 Å². The maximum absolute atomic E-state index is 9.08. The zero-order valence-electron chi connectivity index (χ0n) is 8.59. The molecule has 0 saturated carbocycles. The Morgan fingerprint density at radius 1 is 1.47 bits per heavy atom. The molecule has 1 rings (SSSR count). The van der Waals surface area contributed by atoms with Crippen LogP contribution in [0, 0.1) is 11.8 Å². The van der Waals surface area contributed by atoms with E-state index in [0.29, 0.717) is 29.4 Å². The average molecular weight is 225 g/mol. The van der Waals surface area contributed by atoms with Crippen molar-refractivity contribution >= 4 is 11.6 Å². The van der Waals surface area contributed by atoms with Crippen molar-refractivity contribution in [3.05, 3.63) is 28.8 Å². The molecule has 0 aliphatic carbocycles. The minimum atomic E-state index is -0.0741. The molecule has 2 nitrogen and oxygen atoms in total. The van der Waals surface area contributed by atoms with Crippen LogP contribution in [0.1, 0.15) is 18.9 Å². The fourth-order valence-electron chi connectivity index (χ4n) is 1.15. The predicted octanol–water partition coefficient (Wildman–Crippen LogP) is 2.62. The number of benzene rings is 1. The second kappa shape index (κ2) is 6.34. The number of aliphatic hydroxyl groups excluding tert-OH is 1. The molecule has 0 aromatic heterocycles. The summed E-state index contributed by atoms with van der Waals surface area (Å²) in [6.45, 7) is 2.24. The number of hydrogen-bond donors (Lipinski definition) is 1. The molecule has 0 aliphatic rings. The van der Waals surface area contributed by atoms with E-state index in [4.69, 9.17) is 21.4 Å². The third kappa shape index (κ3) is 3.83. The molecule has 1 aromatic rings. The molecule has 0 heterocycles. The zero-order valence-corrected chi connectivity index (χ0v) is 9.34. The molecular weight excluding hydrogens is 212 g/mol. The van der Waals surface area contributed by atoms with E-state index in [2.05, 4.69) is 11.8 Å². The fourth-order valence-corrected chi connectivity index (χ4v) is 1.34. The van der Waals surface area contributed by atoms with Crippen molar-refractivity contribution in [1.82, 2.24) is 0 Å². The van der Waals surface area contributed by atoms with E-state index in [9.17, 15) is 0 Å². The molecular formula is C12H13ClO2. The van der Waals surface area contributed by atoms with Gasteiger partial charge in [-0.15, -0.1) is 11.8 Å². The average Bonchev–Trinajstić information content (AvgIpc) is 2.26. The summed E-state index contributed by atoms with van der Waals surface area (Å²) in [6.07, 6.45) is 0.685. The molecule has 3 heteroatoms. The summed E-state index contributed by atoms with van der Waals surface area (Å²) in [6, 6.07) is 5.19. The van der Waals surface area contributed by atoms with Gasteiger partial charge < -0.3 is 9.84 Å². The van der Waals surface area contributed by atoms with Gasteiger partial charge in [-0.25, -0.2) is 0 Å². The first-order valence-electron chi connectivity index (χ1n) is 4.69. The van der Waals surface area contributed by atoms with Gasteiger partial charge in [0.15, 0.2) is 0 Å². The monoisotopic (exact) mass is 224 g/mol. The van der Waals surface area contributed by atoms with Crippen LogP contribution in [-0.2, 0) is 6.61 Å². The van der Waals surface area contributed by atoms with E-state index in [0.717, 1.165) is 0 Å². The lowest BCUT2D eigenvalue weighted by Crippen LogP contribution is -1.99. The van der Waals surface area contributed by atoms with Gasteiger partial charge in [-0.2, -0.15) is 0 Å². The van der Waals surface area contributed by atoms with Crippen LogP contribution in [0.25, 0.3) is 0 Å². The lowest BCUT2D eigenvalue weighted by atomic mass is 10.2. The van der Waals surface area contributed by atoms with Crippen molar-refractivity contribution in [3.63, 3.8) is 0 Å². The molecule has 1 N–H and O–H groups in total. The summed E-state index contributed by atoms with van der Waals surface area (Å²) in [5.41, 5.74) is 0.701. The first kappa shape index (κ1) is 11.9. The Hall–Kier alpha value is -1.17. The van der Waals surface area contributed by atoms with Gasteiger partial charge in [0, 0.05) is 17.0 Å². The molecule has 0 fully saturated rings. The van der Waals surface area contributed by atoms with Gasteiger partial charge in [-0.05, 0) is 25.1 Å². The van der Waals surface area contributed by atoms with Crippen molar-refractivity contribution < 1.29 is 9.84 Å². The Kier molecular flexibility index (Phi) is 5.03. The Bertz CT molecular complexity index is 377. The summed E-state index contributed by atoms with van der Waals surface area (Å²) < 4.78 is 5.46. The Labute approximate surface area is 94.8 Å². The first-order valence-corrected chi connectivity index (χ1v) is 5.07. The lowest BCUT2D eigenvalue weighted by molar-refractivity contribution is 0.265. The van der Waals surface area contributed by atoms with Gasteiger partial charge in [-0.1, -0.05) is 11.6 Å². The summed E-state index contributed by atoms with van der Waals surface area (Å²) in [5, 5.41) is 9.68. The standard InChI is InChI=1S/C12H13ClO2/c1-2-3-4-7-15-12-6-5-11(13)8-10(12)9-14/h5-6,8,14H,4,7,9H2,1H3. The summed E-state index contributed by atoms with van der Waals surface area (Å²) >= 11 is 5.79. The van der Waals surface area contributed by atoms with Crippen LogP contribution in [0.2, 0.25) is 5.02 Å². The van der Waals surface area contributed by atoms with Crippen molar-refractivity contribution in [2.24, 2.45) is 0 Å². The topological polar surface area (TPSA) is 29.5 Å². The summed E-state index contributed by atoms with van der Waals surface area (Å²) in [4.78, 5) is 0. The van der Waals surface area contributed by atoms with E-state index in [1.165, 1.54) is 0 Å². The van der Waals surface area contributed by atoms with Crippen molar-refractivity contribution in [3.8, 4) is 17.6 Å². The lowest BCUT2D eigenvalue weighted by Gasteiger charge is -2.08. The van der Waals surface area contributed by atoms with Gasteiger partial charge >= 0.3 is 0 Å². The van der Waals surface area contributed by atoms with Gasteiger partial charge in [0.25, 0.3) is 0 Å². The number of aliphatic hydroxyl groups is 1. The second-order valence-electron chi connectivity index (χ2n) is 2.94. The van der Waals surface area contributed by atoms with E-state index in [-0.39, 0.29) is 6.61 Å². The molecule has 0 spiro atoms. The van der Waals surface area contributed by atoms with Crippen molar-refractivity contribution in [2.45, 2.75) is 20.0 Å². The number of rotatable bonds is 4. The molecule has 1 aromatic carbocycles. The van der Waals surface area contributed by atoms with Crippen LogP contribution in [0.5, 0.6) is 5.75 Å². The number of hydrogen-bond acceptors (Lipinski definition) is 2. The molecule has 15 heavy (non-hydrogen) atoms. The molecule has 0 amide bonds. The minimum Gasteiger partial charge on any atom is -0.492 e. The third-order valence-corrected chi connectivity index (χ3v) is 2.09. The SMILES string of the molecule is CC#CCCOc1ccc(Cl)cc1CO. The molecule has 0 aliphatic heterocycles. The van der Waals surface area contributed by atoms with Crippen molar-refractivity contribution in [1.29, 1.82) is 0 Å². The van der Waals surface area contributed by atoms with E-state index in [1.807, 2.05) is 0 Å². The summed E-state index contributed by atoms with van der Waals surface area (Å²) in [7, 11) is 0. The van der Waals surface area contributed by atoms with Crippen molar-refractivity contribution in [2.75, 3.05) is 6.61 Å². The van der Waals surface area contributed by atoms with E-state index >= 15 is 0 Å². The Morgan fingerprint density at radius 3 is 2.93 bits per heavy atom. The van der Waals surface area contributed by atoms with Gasteiger partial charge in [-0.3, -0.25) is 0 Å².